The lowest BCUT2D eigenvalue weighted by molar-refractivity contribution is -0.119. The maximum Gasteiger partial charge on any atom is 0.248 e. The summed E-state index contributed by atoms with van der Waals surface area (Å²) in [6, 6.07) is 6.77. The summed E-state index contributed by atoms with van der Waals surface area (Å²) in [4.78, 5) is 21.7. The normalized spacial score (nSPS) is 9.67. The lowest BCUT2D eigenvalue weighted by Crippen LogP contribution is -2.29. The Hall–Kier alpha value is -1.88. The molecule has 0 aliphatic carbocycles. The van der Waals surface area contributed by atoms with E-state index in [1.165, 1.54) is 0 Å². The highest BCUT2D eigenvalue weighted by atomic mass is 16.2. The van der Waals surface area contributed by atoms with Gasteiger partial charge in [0.1, 0.15) is 0 Å². The number of benzene rings is 1. The van der Waals surface area contributed by atoms with E-state index in [2.05, 4.69) is 5.32 Å². The lowest BCUT2D eigenvalue weighted by atomic mass is 10.1. The first-order valence-corrected chi connectivity index (χ1v) is 4.49. The van der Waals surface area contributed by atoms with Gasteiger partial charge in [-0.25, -0.2) is 0 Å². The van der Waals surface area contributed by atoms with E-state index >= 15 is 0 Å². The summed E-state index contributed by atoms with van der Waals surface area (Å²) >= 11 is 0. The first-order chi connectivity index (χ1) is 7.13. The molecule has 80 valence electrons. The topological polar surface area (TPSA) is 98.2 Å². The standard InChI is InChI=1S/C10H13N3O2/c11-5-9(14)13-6-7-2-1-3-8(4-7)10(12)15/h1-4H,5-6,11H2,(H2,12,15)(H,13,14). The van der Waals surface area contributed by atoms with Gasteiger partial charge in [0.25, 0.3) is 0 Å². The van der Waals surface area contributed by atoms with Gasteiger partial charge in [0.15, 0.2) is 0 Å². The average Bonchev–Trinajstić information content (AvgIpc) is 2.26. The SMILES string of the molecule is NCC(=O)NCc1cccc(C(N)=O)c1. The van der Waals surface area contributed by atoms with Crippen molar-refractivity contribution in [3.05, 3.63) is 35.4 Å². The van der Waals surface area contributed by atoms with Gasteiger partial charge in [-0.15, -0.1) is 0 Å². The molecule has 1 aromatic rings. The number of amides is 2. The van der Waals surface area contributed by atoms with Gasteiger partial charge in [-0.2, -0.15) is 0 Å². The van der Waals surface area contributed by atoms with Crippen molar-refractivity contribution in [2.45, 2.75) is 6.54 Å². The molecule has 0 aromatic heterocycles. The maximum absolute atomic E-state index is 10.9. The highest BCUT2D eigenvalue weighted by molar-refractivity contribution is 5.92. The molecular formula is C10H13N3O2. The fraction of sp³-hybridized carbons (Fsp3) is 0.200. The van der Waals surface area contributed by atoms with Crippen molar-refractivity contribution in [3.63, 3.8) is 0 Å². The number of hydrogen-bond acceptors (Lipinski definition) is 3. The van der Waals surface area contributed by atoms with E-state index in [1.807, 2.05) is 0 Å². The molecule has 0 bridgehead atoms. The molecule has 1 aromatic carbocycles. The molecule has 0 atom stereocenters. The number of carbonyl (C=O) groups is 2. The smallest absolute Gasteiger partial charge is 0.248 e. The number of hydrogen-bond donors (Lipinski definition) is 3. The van der Waals surface area contributed by atoms with Crippen LogP contribution in [0.4, 0.5) is 0 Å². The van der Waals surface area contributed by atoms with Crippen molar-refractivity contribution >= 4 is 11.8 Å². The molecule has 5 nitrogen and oxygen atoms in total. The Morgan fingerprint density at radius 2 is 2.07 bits per heavy atom. The molecule has 0 saturated heterocycles. The summed E-state index contributed by atoms with van der Waals surface area (Å²) < 4.78 is 0. The van der Waals surface area contributed by atoms with Crippen LogP contribution in [0.25, 0.3) is 0 Å². The molecule has 0 fully saturated rings. The summed E-state index contributed by atoms with van der Waals surface area (Å²) in [5.74, 6) is -0.721. The first-order valence-electron chi connectivity index (χ1n) is 4.49. The van der Waals surface area contributed by atoms with Gasteiger partial charge < -0.3 is 16.8 Å². The van der Waals surface area contributed by atoms with Gasteiger partial charge in [0.2, 0.25) is 11.8 Å². The van der Waals surface area contributed by atoms with Crippen LogP contribution < -0.4 is 16.8 Å². The highest BCUT2D eigenvalue weighted by Crippen LogP contribution is 2.04. The summed E-state index contributed by atoms with van der Waals surface area (Å²) in [6.07, 6.45) is 0. The second-order valence-electron chi connectivity index (χ2n) is 3.05. The Balaban J connectivity index is 2.66. The van der Waals surface area contributed by atoms with Gasteiger partial charge in [0, 0.05) is 12.1 Å². The van der Waals surface area contributed by atoms with Crippen LogP contribution in [0.1, 0.15) is 15.9 Å². The monoisotopic (exact) mass is 207 g/mol. The molecule has 5 heteroatoms. The van der Waals surface area contributed by atoms with E-state index in [9.17, 15) is 9.59 Å². The lowest BCUT2D eigenvalue weighted by Gasteiger charge is -2.04. The zero-order valence-electron chi connectivity index (χ0n) is 8.19. The zero-order valence-corrected chi connectivity index (χ0v) is 8.19. The molecule has 0 aliphatic heterocycles. The first kappa shape index (κ1) is 11.2. The maximum atomic E-state index is 10.9. The van der Waals surface area contributed by atoms with E-state index in [0.29, 0.717) is 12.1 Å². The largest absolute Gasteiger partial charge is 0.366 e. The summed E-state index contributed by atoms with van der Waals surface area (Å²) in [7, 11) is 0. The van der Waals surface area contributed by atoms with Gasteiger partial charge in [-0.1, -0.05) is 12.1 Å². The van der Waals surface area contributed by atoms with Gasteiger partial charge in [-0.05, 0) is 17.7 Å². The summed E-state index contributed by atoms with van der Waals surface area (Å²) in [6.45, 7) is 0.298. The van der Waals surface area contributed by atoms with Crippen molar-refractivity contribution in [3.8, 4) is 0 Å². The van der Waals surface area contributed by atoms with Gasteiger partial charge in [0.05, 0.1) is 6.54 Å². The van der Waals surface area contributed by atoms with Crippen LogP contribution in [0, 0.1) is 0 Å². The van der Waals surface area contributed by atoms with E-state index in [1.54, 1.807) is 24.3 Å². The second-order valence-corrected chi connectivity index (χ2v) is 3.05. The van der Waals surface area contributed by atoms with Crippen molar-refractivity contribution < 1.29 is 9.59 Å². The molecular weight excluding hydrogens is 194 g/mol. The fourth-order valence-corrected chi connectivity index (χ4v) is 1.11. The molecule has 15 heavy (non-hydrogen) atoms. The molecule has 5 N–H and O–H groups in total. The molecule has 0 saturated carbocycles. The number of nitrogens with one attached hydrogen (secondary N) is 1. The van der Waals surface area contributed by atoms with Crippen LogP contribution in [0.3, 0.4) is 0 Å². The van der Waals surface area contributed by atoms with Crippen molar-refractivity contribution in [2.75, 3.05) is 6.54 Å². The van der Waals surface area contributed by atoms with Crippen LogP contribution in [0.15, 0.2) is 24.3 Å². The molecule has 0 radical (unpaired) electrons. The third-order valence-corrected chi connectivity index (χ3v) is 1.89. The third-order valence-electron chi connectivity index (χ3n) is 1.89. The number of rotatable bonds is 4. The number of carbonyl (C=O) groups excluding carboxylic acids is 2. The number of primary amides is 1. The Kier molecular flexibility index (Phi) is 3.82. The molecule has 1 rings (SSSR count). The fourth-order valence-electron chi connectivity index (χ4n) is 1.11. The number of nitrogens with two attached hydrogens (primary N) is 2. The van der Waals surface area contributed by atoms with Gasteiger partial charge >= 0.3 is 0 Å². The van der Waals surface area contributed by atoms with E-state index in [-0.39, 0.29) is 12.5 Å². The minimum absolute atomic E-state index is 0.0461. The van der Waals surface area contributed by atoms with E-state index in [0.717, 1.165) is 5.56 Å². The van der Waals surface area contributed by atoms with Crippen LogP contribution in [0.5, 0.6) is 0 Å². The predicted molar refractivity (Wildman–Crippen MR) is 55.9 cm³/mol. The highest BCUT2D eigenvalue weighted by Gasteiger charge is 2.02. The Morgan fingerprint density at radius 3 is 2.67 bits per heavy atom. The van der Waals surface area contributed by atoms with Crippen LogP contribution in [0.2, 0.25) is 0 Å². The molecule has 0 heterocycles. The Bertz CT molecular complexity index is 377. The molecule has 2 amide bonds. The molecule has 0 aliphatic rings. The second kappa shape index (κ2) is 5.11. The Labute approximate surface area is 87.4 Å². The minimum Gasteiger partial charge on any atom is -0.366 e. The average molecular weight is 207 g/mol. The molecule has 0 spiro atoms. The predicted octanol–water partition coefficient (Wildman–Crippen LogP) is -0.640. The van der Waals surface area contributed by atoms with Crippen molar-refractivity contribution in [1.82, 2.24) is 5.32 Å². The van der Waals surface area contributed by atoms with Crippen molar-refractivity contribution in [1.29, 1.82) is 0 Å². The van der Waals surface area contributed by atoms with E-state index < -0.39 is 5.91 Å². The summed E-state index contributed by atoms with van der Waals surface area (Å²) in [5, 5.41) is 2.60. The summed E-state index contributed by atoms with van der Waals surface area (Å²) in [5.41, 5.74) is 11.5. The van der Waals surface area contributed by atoms with Crippen molar-refractivity contribution in [2.24, 2.45) is 11.5 Å². The Morgan fingerprint density at radius 1 is 1.33 bits per heavy atom. The van der Waals surface area contributed by atoms with E-state index in [4.69, 9.17) is 11.5 Å². The minimum atomic E-state index is -0.484. The quantitative estimate of drug-likeness (QED) is 0.612. The zero-order chi connectivity index (χ0) is 11.3. The van der Waals surface area contributed by atoms with Crippen LogP contribution >= 0.6 is 0 Å². The van der Waals surface area contributed by atoms with Crippen LogP contribution in [-0.2, 0) is 11.3 Å². The third kappa shape index (κ3) is 3.40. The molecule has 0 unspecified atom stereocenters. The van der Waals surface area contributed by atoms with Crippen LogP contribution in [-0.4, -0.2) is 18.4 Å². The van der Waals surface area contributed by atoms with Gasteiger partial charge in [-0.3, -0.25) is 9.59 Å².